The van der Waals surface area contributed by atoms with Gasteiger partial charge in [-0.3, -0.25) is 0 Å². The van der Waals surface area contributed by atoms with Crippen LogP contribution in [0.3, 0.4) is 0 Å². The summed E-state index contributed by atoms with van der Waals surface area (Å²) in [5.41, 5.74) is 1.92. The fraction of sp³-hybridized carbons (Fsp3) is 0.154. The Labute approximate surface area is 104 Å². The van der Waals surface area contributed by atoms with Crippen molar-refractivity contribution < 1.29 is 4.74 Å². The molecule has 0 amide bonds. The van der Waals surface area contributed by atoms with Crippen molar-refractivity contribution in [2.45, 2.75) is 13.8 Å². The number of fused-ring (bicyclic) bond motifs is 1. The molecule has 0 aliphatic heterocycles. The molecule has 2 aromatic heterocycles. The molecule has 0 aliphatic rings. The van der Waals surface area contributed by atoms with E-state index in [1.807, 2.05) is 44.2 Å². The molecule has 0 spiro atoms. The molecule has 5 heteroatoms. The van der Waals surface area contributed by atoms with Gasteiger partial charge in [-0.15, -0.1) is 0 Å². The highest BCUT2D eigenvalue weighted by Gasteiger charge is 2.08. The molecule has 0 radical (unpaired) electrons. The van der Waals surface area contributed by atoms with Gasteiger partial charge >= 0.3 is 0 Å². The Kier molecular flexibility index (Phi) is 2.44. The zero-order valence-electron chi connectivity index (χ0n) is 10.2. The molecule has 0 fully saturated rings. The molecule has 5 nitrogen and oxygen atoms in total. The maximum absolute atomic E-state index is 5.88. The second-order valence-electron chi connectivity index (χ2n) is 4.08. The van der Waals surface area contributed by atoms with Crippen LogP contribution in [0.5, 0.6) is 11.6 Å². The molecule has 0 aliphatic carbocycles. The summed E-state index contributed by atoms with van der Waals surface area (Å²) in [4.78, 5) is 8.33. The number of hydrogen-bond donors (Lipinski definition) is 0. The van der Waals surface area contributed by atoms with E-state index >= 15 is 0 Å². The average molecular weight is 240 g/mol. The molecule has 0 unspecified atom stereocenters. The molecular formula is C13H12N4O. The molecule has 2 heterocycles. The first kappa shape index (κ1) is 10.7. The molecule has 0 N–H and O–H groups in total. The highest BCUT2D eigenvalue weighted by molar-refractivity contribution is 5.38. The largest absolute Gasteiger partial charge is 0.439 e. The van der Waals surface area contributed by atoms with Gasteiger partial charge in [-0.1, -0.05) is 18.2 Å². The smallest absolute Gasteiger partial charge is 0.255 e. The van der Waals surface area contributed by atoms with Crippen LogP contribution in [0.15, 0.2) is 36.7 Å². The van der Waals surface area contributed by atoms with Gasteiger partial charge < -0.3 is 4.74 Å². The van der Waals surface area contributed by atoms with Crippen LogP contribution in [0, 0.1) is 13.8 Å². The van der Waals surface area contributed by atoms with Crippen molar-refractivity contribution in [3.63, 3.8) is 0 Å². The van der Waals surface area contributed by atoms with E-state index in [1.54, 1.807) is 4.52 Å². The Bertz CT molecular complexity index is 705. The Balaban J connectivity index is 2.10. The minimum absolute atomic E-state index is 0.540. The summed E-state index contributed by atoms with van der Waals surface area (Å²) < 4.78 is 7.46. The maximum atomic E-state index is 5.88. The van der Waals surface area contributed by atoms with Crippen LogP contribution in [-0.4, -0.2) is 19.6 Å². The zero-order valence-corrected chi connectivity index (χ0v) is 10.2. The Morgan fingerprint density at radius 3 is 2.83 bits per heavy atom. The molecule has 0 bridgehead atoms. The van der Waals surface area contributed by atoms with E-state index in [-0.39, 0.29) is 0 Å². The van der Waals surface area contributed by atoms with Gasteiger partial charge in [0.25, 0.3) is 5.78 Å². The number of para-hydroxylation sites is 1. The van der Waals surface area contributed by atoms with Crippen molar-refractivity contribution in [3.8, 4) is 11.6 Å². The highest BCUT2D eigenvalue weighted by atomic mass is 16.5. The monoisotopic (exact) mass is 240 g/mol. The Morgan fingerprint density at radius 1 is 1.17 bits per heavy atom. The lowest BCUT2D eigenvalue weighted by atomic mass is 10.2. The normalized spacial score (nSPS) is 10.8. The molecule has 90 valence electrons. The topological polar surface area (TPSA) is 52.3 Å². The van der Waals surface area contributed by atoms with Crippen LogP contribution in [0.4, 0.5) is 0 Å². The van der Waals surface area contributed by atoms with Crippen molar-refractivity contribution >= 4 is 5.78 Å². The quantitative estimate of drug-likeness (QED) is 0.690. The predicted octanol–water partition coefficient (Wildman–Crippen LogP) is 2.53. The lowest BCUT2D eigenvalue weighted by Crippen LogP contribution is -1.99. The molecule has 3 aromatic rings. The number of rotatable bonds is 2. The first-order chi connectivity index (χ1) is 8.74. The highest BCUT2D eigenvalue weighted by Crippen LogP contribution is 2.24. The number of benzene rings is 1. The SMILES string of the molecule is Cc1cc(Oc2ccccc2C)n2ncnc2n1. The van der Waals surface area contributed by atoms with Gasteiger partial charge in [0.1, 0.15) is 12.1 Å². The summed E-state index contributed by atoms with van der Waals surface area (Å²) in [5, 5.41) is 4.10. The number of aromatic nitrogens is 4. The van der Waals surface area contributed by atoms with E-state index in [0.29, 0.717) is 11.7 Å². The van der Waals surface area contributed by atoms with Crippen LogP contribution < -0.4 is 4.74 Å². The summed E-state index contributed by atoms with van der Waals surface area (Å²) in [5.74, 6) is 1.96. The summed E-state index contributed by atoms with van der Waals surface area (Å²) in [7, 11) is 0. The Morgan fingerprint density at radius 2 is 2.00 bits per heavy atom. The van der Waals surface area contributed by atoms with Crippen LogP contribution in [0.25, 0.3) is 5.78 Å². The second-order valence-corrected chi connectivity index (χ2v) is 4.08. The number of nitrogens with zero attached hydrogens (tertiary/aromatic N) is 4. The van der Waals surface area contributed by atoms with Gasteiger partial charge in [-0.25, -0.2) is 4.98 Å². The van der Waals surface area contributed by atoms with E-state index in [2.05, 4.69) is 15.1 Å². The van der Waals surface area contributed by atoms with Crippen molar-refractivity contribution in [3.05, 3.63) is 47.9 Å². The standard InChI is InChI=1S/C13H12N4O/c1-9-5-3-4-6-11(9)18-12-7-10(2)16-13-14-8-15-17(12)13/h3-8H,1-2H3. The fourth-order valence-electron chi connectivity index (χ4n) is 1.75. The number of hydrogen-bond acceptors (Lipinski definition) is 4. The molecule has 0 atom stereocenters. The average Bonchev–Trinajstić information content (AvgIpc) is 2.80. The number of aryl methyl sites for hydroxylation is 2. The lowest BCUT2D eigenvalue weighted by molar-refractivity contribution is 0.442. The van der Waals surface area contributed by atoms with Crippen molar-refractivity contribution in [1.29, 1.82) is 0 Å². The van der Waals surface area contributed by atoms with Gasteiger partial charge in [0, 0.05) is 11.8 Å². The minimum atomic E-state index is 0.540. The van der Waals surface area contributed by atoms with Gasteiger partial charge in [0.05, 0.1) is 0 Å². The van der Waals surface area contributed by atoms with Crippen LogP contribution in [-0.2, 0) is 0 Å². The van der Waals surface area contributed by atoms with Crippen molar-refractivity contribution in [2.75, 3.05) is 0 Å². The van der Waals surface area contributed by atoms with E-state index in [4.69, 9.17) is 4.74 Å². The molecule has 0 saturated heterocycles. The van der Waals surface area contributed by atoms with Crippen molar-refractivity contribution in [2.24, 2.45) is 0 Å². The van der Waals surface area contributed by atoms with E-state index < -0.39 is 0 Å². The minimum Gasteiger partial charge on any atom is -0.439 e. The van der Waals surface area contributed by atoms with Crippen LogP contribution in [0.1, 0.15) is 11.3 Å². The molecule has 3 rings (SSSR count). The molecule has 0 saturated carbocycles. The van der Waals surface area contributed by atoms with E-state index in [0.717, 1.165) is 17.0 Å². The maximum Gasteiger partial charge on any atom is 0.255 e. The second kappa shape index (κ2) is 4.10. The third-order valence-corrected chi connectivity index (χ3v) is 2.66. The lowest BCUT2D eigenvalue weighted by Gasteiger charge is -2.09. The fourth-order valence-corrected chi connectivity index (χ4v) is 1.75. The third-order valence-electron chi connectivity index (χ3n) is 2.66. The summed E-state index contributed by atoms with van der Waals surface area (Å²) in [6, 6.07) is 9.68. The van der Waals surface area contributed by atoms with Crippen LogP contribution in [0.2, 0.25) is 0 Å². The van der Waals surface area contributed by atoms with E-state index in [1.165, 1.54) is 6.33 Å². The Hall–Kier alpha value is -2.43. The summed E-state index contributed by atoms with van der Waals surface area (Å²) in [6.45, 7) is 3.90. The zero-order chi connectivity index (χ0) is 12.5. The van der Waals surface area contributed by atoms with Gasteiger partial charge in [0.15, 0.2) is 0 Å². The van der Waals surface area contributed by atoms with Crippen LogP contribution >= 0.6 is 0 Å². The third kappa shape index (κ3) is 1.79. The van der Waals surface area contributed by atoms with E-state index in [9.17, 15) is 0 Å². The summed E-state index contributed by atoms with van der Waals surface area (Å²) in [6.07, 6.45) is 1.46. The first-order valence-electron chi connectivity index (χ1n) is 5.65. The molecular weight excluding hydrogens is 228 g/mol. The van der Waals surface area contributed by atoms with Gasteiger partial charge in [-0.2, -0.15) is 14.6 Å². The molecule has 18 heavy (non-hydrogen) atoms. The first-order valence-corrected chi connectivity index (χ1v) is 5.65. The molecule has 1 aromatic carbocycles. The van der Waals surface area contributed by atoms with Crippen molar-refractivity contribution in [1.82, 2.24) is 19.6 Å². The van der Waals surface area contributed by atoms with Gasteiger partial charge in [-0.05, 0) is 25.5 Å². The van der Waals surface area contributed by atoms with Gasteiger partial charge in [0.2, 0.25) is 5.88 Å². The number of ether oxygens (including phenoxy) is 1. The summed E-state index contributed by atoms with van der Waals surface area (Å²) >= 11 is 0. The predicted molar refractivity (Wildman–Crippen MR) is 66.8 cm³/mol.